The number of methoxy groups -OCH3 is 1. The van der Waals surface area contributed by atoms with Gasteiger partial charge in [-0.05, 0) is 50.4 Å². The maximum absolute atomic E-state index is 5.23. The van der Waals surface area contributed by atoms with Crippen molar-refractivity contribution >= 4 is 0 Å². The molecule has 0 unspecified atom stereocenters. The molecule has 0 spiro atoms. The SMILES string of the molecule is COc1cncc(CN2CCC(NC3CCC3)CC2)c1. The molecular weight excluding hydrogens is 250 g/mol. The normalized spacial score (nSPS) is 21.6. The van der Waals surface area contributed by atoms with Crippen molar-refractivity contribution < 1.29 is 4.74 Å². The van der Waals surface area contributed by atoms with E-state index < -0.39 is 0 Å². The van der Waals surface area contributed by atoms with E-state index in [1.54, 1.807) is 13.3 Å². The van der Waals surface area contributed by atoms with Gasteiger partial charge < -0.3 is 10.1 Å². The third-order valence-corrected chi connectivity index (χ3v) is 4.58. The Morgan fingerprint density at radius 1 is 1.20 bits per heavy atom. The molecule has 0 radical (unpaired) electrons. The number of ether oxygens (including phenoxy) is 1. The molecule has 1 aromatic heterocycles. The summed E-state index contributed by atoms with van der Waals surface area (Å²) < 4.78 is 5.23. The monoisotopic (exact) mass is 275 g/mol. The predicted octanol–water partition coefficient (Wildman–Crippen LogP) is 2.20. The van der Waals surface area contributed by atoms with Crippen LogP contribution >= 0.6 is 0 Å². The van der Waals surface area contributed by atoms with E-state index in [0.717, 1.165) is 24.4 Å². The molecular formula is C16H25N3O. The van der Waals surface area contributed by atoms with E-state index in [0.29, 0.717) is 0 Å². The summed E-state index contributed by atoms with van der Waals surface area (Å²) >= 11 is 0. The topological polar surface area (TPSA) is 37.4 Å². The molecule has 2 fully saturated rings. The van der Waals surface area contributed by atoms with Gasteiger partial charge in [0.2, 0.25) is 0 Å². The number of pyridine rings is 1. The fraction of sp³-hybridized carbons (Fsp3) is 0.688. The Bertz CT molecular complexity index is 425. The molecule has 110 valence electrons. The van der Waals surface area contributed by atoms with Crippen LogP contribution < -0.4 is 10.1 Å². The Kier molecular flexibility index (Phi) is 4.53. The predicted molar refractivity (Wildman–Crippen MR) is 79.9 cm³/mol. The minimum absolute atomic E-state index is 0.736. The van der Waals surface area contributed by atoms with E-state index in [9.17, 15) is 0 Å². The van der Waals surface area contributed by atoms with E-state index >= 15 is 0 Å². The molecule has 4 nitrogen and oxygen atoms in total. The molecule has 0 amide bonds. The van der Waals surface area contributed by atoms with Crippen molar-refractivity contribution in [1.29, 1.82) is 0 Å². The molecule has 4 heteroatoms. The summed E-state index contributed by atoms with van der Waals surface area (Å²) in [5, 5.41) is 3.80. The lowest BCUT2D eigenvalue weighted by Crippen LogP contribution is -2.48. The highest BCUT2D eigenvalue weighted by Gasteiger charge is 2.24. The second-order valence-electron chi connectivity index (χ2n) is 6.08. The van der Waals surface area contributed by atoms with E-state index in [1.807, 2.05) is 6.20 Å². The van der Waals surface area contributed by atoms with Crippen LogP contribution in [0.15, 0.2) is 18.5 Å². The highest BCUT2D eigenvalue weighted by molar-refractivity contribution is 5.23. The smallest absolute Gasteiger partial charge is 0.137 e. The summed E-state index contributed by atoms with van der Waals surface area (Å²) in [6, 6.07) is 3.64. The van der Waals surface area contributed by atoms with Gasteiger partial charge in [-0.25, -0.2) is 0 Å². The summed E-state index contributed by atoms with van der Waals surface area (Å²) in [6.07, 6.45) is 10.4. The van der Waals surface area contributed by atoms with Gasteiger partial charge in [-0.3, -0.25) is 9.88 Å². The molecule has 2 heterocycles. The van der Waals surface area contributed by atoms with Crippen LogP contribution in [0.4, 0.5) is 0 Å². The van der Waals surface area contributed by atoms with E-state index in [4.69, 9.17) is 4.74 Å². The molecule has 1 saturated heterocycles. The number of piperidine rings is 1. The Morgan fingerprint density at radius 2 is 1.95 bits per heavy atom. The van der Waals surface area contributed by atoms with Gasteiger partial charge in [-0.1, -0.05) is 6.42 Å². The fourth-order valence-electron chi connectivity index (χ4n) is 3.09. The summed E-state index contributed by atoms with van der Waals surface area (Å²) in [5.74, 6) is 0.851. The Hall–Kier alpha value is -1.13. The maximum atomic E-state index is 5.23. The quantitative estimate of drug-likeness (QED) is 0.894. The maximum Gasteiger partial charge on any atom is 0.137 e. The van der Waals surface area contributed by atoms with Crippen LogP contribution in [-0.4, -0.2) is 42.2 Å². The van der Waals surface area contributed by atoms with Crippen molar-refractivity contribution in [2.24, 2.45) is 0 Å². The van der Waals surface area contributed by atoms with Crippen molar-refractivity contribution in [3.8, 4) is 5.75 Å². The van der Waals surface area contributed by atoms with Gasteiger partial charge in [-0.2, -0.15) is 0 Å². The van der Waals surface area contributed by atoms with Crippen LogP contribution in [0, 0.1) is 0 Å². The number of nitrogens with zero attached hydrogens (tertiary/aromatic N) is 2. The summed E-state index contributed by atoms with van der Waals surface area (Å²) in [5.41, 5.74) is 1.25. The molecule has 20 heavy (non-hydrogen) atoms. The van der Waals surface area contributed by atoms with Crippen LogP contribution in [0.2, 0.25) is 0 Å². The standard InChI is InChI=1S/C16H25N3O/c1-20-16-9-13(10-17-11-16)12-19-7-5-15(6-8-19)18-14-3-2-4-14/h9-11,14-15,18H,2-8,12H2,1H3. The van der Waals surface area contributed by atoms with Crippen LogP contribution in [0.1, 0.15) is 37.7 Å². The summed E-state index contributed by atoms with van der Waals surface area (Å²) in [4.78, 5) is 6.75. The lowest BCUT2D eigenvalue weighted by molar-refractivity contribution is 0.171. The zero-order chi connectivity index (χ0) is 13.8. The fourth-order valence-corrected chi connectivity index (χ4v) is 3.09. The van der Waals surface area contributed by atoms with Crippen molar-refractivity contribution in [2.45, 2.75) is 50.7 Å². The molecule has 1 saturated carbocycles. The first-order valence-electron chi connectivity index (χ1n) is 7.80. The third kappa shape index (κ3) is 3.49. The number of nitrogens with one attached hydrogen (secondary N) is 1. The molecule has 0 atom stereocenters. The molecule has 0 aromatic carbocycles. The van der Waals surface area contributed by atoms with Gasteiger partial charge in [0.15, 0.2) is 0 Å². The van der Waals surface area contributed by atoms with Gasteiger partial charge in [0.05, 0.1) is 13.3 Å². The van der Waals surface area contributed by atoms with Crippen LogP contribution in [0.25, 0.3) is 0 Å². The summed E-state index contributed by atoms with van der Waals surface area (Å²) in [7, 11) is 1.69. The van der Waals surface area contributed by atoms with Crippen LogP contribution in [0.3, 0.4) is 0 Å². The van der Waals surface area contributed by atoms with Crippen molar-refractivity contribution in [2.75, 3.05) is 20.2 Å². The molecule has 2 aliphatic rings. The Morgan fingerprint density at radius 3 is 2.60 bits per heavy atom. The van der Waals surface area contributed by atoms with Gasteiger partial charge >= 0.3 is 0 Å². The Balaban J connectivity index is 1.45. The van der Waals surface area contributed by atoms with Crippen LogP contribution in [0.5, 0.6) is 5.75 Å². The lowest BCUT2D eigenvalue weighted by atomic mass is 9.91. The van der Waals surface area contributed by atoms with Gasteiger partial charge in [-0.15, -0.1) is 0 Å². The Labute approximate surface area is 121 Å². The molecule has 0 bridgehead atoms. The van der Waals surface area contributed by atoms with Crippen LogP contribution in [-0.2, 0) is 6.54 Å². The number of rotatable bonds is 5. The minimum Gasteiger partial charge on any atom is -0.495 e. The molecule has 1 aliphatic heterocycles. The first-order valence-corrected chi connectivity index (χ1v) is 7.80. The summed E-state index contributed by atoms with van der Waals surface area (Å²) in [6.45, 7) is 3.35. The highest BCUT2D eigenvalue weighted by atomic mass is 16.5. The van der Waals surface area contributed by atoms with Crippen molar-refractivity contribution in [3.63, 3.8) is 0 Å². The van der Waals surface area contributed by atoms with Crippen molar-refractivity contribution in [3.05, 3.63) is 24.0 Å². The van der Waals surface area contributed by atoms with Crippen molar-refractivity contribution in [1.82, 2.24) is 15.2 Å². The van der Waals surface area contributed by atoms with E-state index in [1.165, 1.54) is 50.8 Å². The number of likely N-dealkylation sites (tertiary alicyclic amines) is 1. The van der Waals surface area contributed by atoms with Gasteiger partial charge in [0.25, 0.3) is 0 Å². The minimum atomic E-state index is 0.736. The molecule has 1 aliphatic carbocycles. The second kappa shape index (κ2) is 6.55. The number of hydrogen-bond donors (Lipinski definition) is 1. The van der Waals surface area contributed by atoms with E-state index in [2.05, 4.69) is 21.3 Å². The zero-order valence-corrected chi connectivity index (χ0v) is 12.3. The van der Waals surface area contributed by atoms with Gasteiger partial charge in [0, 0.05) is 24.8 Å². The molecule has 1 N–H and O–H groups in total. The largest absolute Gasteiger partial charge is 0.495 e. The second-order valence-corrected chi connectivity index (χ2v) is 6.08. The molecule has 1 aromatic rings. The molecule has 3 rings (SSSR count). The average Bonchev–Trinajstić information content (AvgIpc) is 2.45. The number of hydrogen-bond acceptors (Lipinski definition) is 4. The lowest BCUT2D eigenvalue weighted by Gasteiger charge is -2.37. The average molecular weight is 275 g/mol. The first kappa shape index (κ1) is 13.8. The van der Waals surface area contributed by atoms with E-state index in [-0.39, 0.29) is 0 Å². The van der Waals surface area contributed by atoms with Gasteiger partial charge in [0.1, 0.15) is 5.75 Å². The third-order valence-electron chi connectivity index (χ3n) is 4.58. The highest BCUT2D eigenvalue weighted by Crippen LogP contribution is 2.22. The zero-order valence-electron chi connectivity index (χ0n) is 12.3. The first-order chi connectivity index (χ1) is 9.83. The number of aromatic nitrogens is 1.